The Morgan fingerprint density at radius 3 is 2.40 bits per heavy atom. The molecule has 2 amide bonds. The summed E-state index contributed by atoms with van der Waals surface area (Å²) in [5.41, 5.74) is 1.57. The molecule has 1 N–H and O–H groups in total. The van der Waals surface area contributed by atoms with Crippen LogP contribution in [0.2, 0.25) is 0 Å². The molecule has 0 saturated heterocycles. The van der Waals surface area contributed by atoms with Crippen LogP contribution in [0.15, 0.2) is 53.5 Å². The number of anilines is 1. The third kappa shape index (κ3) is 2.02. The molecule has 4 nitrogen and oxygen atoms in total. The molecule has 5 heteroatoms. The number of hydrogen-bond acceptors (Lipinski definition) is 4. The van der Waals surface area contributed by atoms with Crippen LogP contribution in [0.3, 0.4) is 0 Å². The molecule has 1 aliphatic heterocycles. The highest BCUT2D eigenvalue weighted by Gasteiger charge is 2.37. The van der Waals surface area contributed by atoms with E-state index < -0.39 is 0 Å². The standard InChI is InChI=1S/C15H12N2O2S/c1-17-14(18)12(11-8-5-9-20-11)13(15(17)19)16-10-6-3-2-4-7-10/h2-9,16H,1H3. The van der Waals surface area contributed by atoms with Crippen molar-refractivity contribution in [3.8, 4) is 0 Å². The van der Waals surface area contributed by atoms with E-state index in [-0.39, 0.29) is 11.8 Å². The van der Waals surface area contributed by atoms with E-state index in [2.05, 4.69) is 5.32 Å². The molecule has 100 valence electrons. The fourth-order valence-electron chi connectivity index (χ4n) is 2.07. The van der Waals surface area contributed by atoms with Crippen LogP contribution < -0.4 is 5.32 Å². The predicted octanol–water partition coefficient (Wildman–Crippen LogP) is 2.57. The van der Waals surface area contributed by atoms with Gasteiger partial charge in [-0.05, 0) is 23.6 Å². The van der Waals surface area contributed by atoms with E-state index in [4.69, 9.17) is 0 Å². The fourth-order valence-corrected chi connectivity index (χ4v) is 2.84. The molecule has 1 aromatic heterocycles. The zero-order valence-corrected chi connectivity index (χ0v) is 11.6. The van der Waals surface area contributed by atoms with Gasteiger partial charge in [-0.15, -0.1) is 11.3 Å². The molecule has 3 rings (SSSR count). The van der Waals surface area contributed by atoms with Crippen molar-refractivity contribution in [3.05, 3.63) is 58.4 Å². The first kappa shape index (κ1) is 12.6. The third-order valence-corrected chi connectivity index (χ3v) is 3.99. The van der Waals surface area contributed by atoms with Crippen LogP contribution in [0.25, 0.3) is 5.57 Å². The number of carbonyl (C=O) groups excluding carboxylic acids is 2. The molecule has 0 fully saturated rings. The zero-order valence-electron chi connectivity index (χ0n) is 10.8. The number of rotatable bonds is 3. The third-order valence-electron chi connectivity index (χ3n) is 3.10. The van der Waals surface area contributed by atoms with Gasteiger partial charge in [0, 0.05) is 17.6 Å². The zero-order chi connectivity index (χ0) is 14.1. The van der Waals surface area contributed by atoms with Gasteiger partial charge < -0.3 is 5.32 Å². The van der Waals surface area contributed by atoms with Crippen molar-refractivity contribution in [2.45, 2.75) is 0 Å². The van der Waals surface area contributed by atoms with E-state index in [9.17, 15) is 9.59 Å². The fraction of sp³-hybridized carbons (Fsp3) is 0.0667. The maximum atomic E-state index is 12.2. The number of hydrogen-bond donors (Lipinski definition) is 1. The highest BCUT2D eigenvalue weighted by Crippen LogP contribution is 2.31. The molecule has 2 aromatic rings. The summed E-state index contributed by atoms with van der Waals surface area (Å²) in [5, 5.41) is 4.95. The number of amides is 2. The average Bonchev–Trinajstić information content (AvgIpc) is 3.05. The molecule has 1 aromatic carbocycles. The minimum absolute atomic E-state index is 0.268. The van der Waals surface area contributed by atoms with Crippen molar-refractivity contribution < 1.29 is 9.59 Å². The topological polar surface area (TPSA) is 49.4 Å². The molecule has 2 heterocycles. The van der Waals surface area contributed by atoms with Crippen LogP contribution in [0, 0.1) is 0 Å². The molecular formula is C15H12N2O2S. The van der Waals surface area contributed by atoms with E-state index in [1.165, 1.54) is 18.4 Å². The van der Waals surface area contributed by atoms with Crippen molar-refractivity contribution in [1.29, 1.82) is 0 Å². The Balaban J connectivity index is 2.07. The number of nitrogens with one attached hydrogen (secondary N) is 1. The van der Waals surface area contributed by atoms with Gasteiger partial charge in [0.15, 0.2) is 0 Å². The van der Waals surface area contributed by atoms with Gasteiger partial charge in [0.25, 0.3) is 11.8 Å². The Labute approximate surface area is 120 Å². The Hall–Kier alpha value is -2.40. The monoisotopic (exact) mass is 284 g/mol. The first-order valence-corrected chi connectivity index (χ1v) is 6.99. The van der Waals surface area contributed by atoms with Crippen molar-refractivity contribution in [2.75, 3.05) is 12.4 Å². The molecular weight excluding hydrogens is 272 g/mol. The minimum atomic E-state index is -0.303. The number of thiophene rings is 1. The average molecular weight is 284 g/mol. The number of benzene rings is 1. The Morgan fingerprint density at radius 2 is 1.75 bits per heavy atom. The van der Waals surface area contributed by atoms with E-state index in [1.54, 1.807) is 0 Å². The lowest BCUT2D eigenvalue weighted by Gasteiger charge is -2.08. The van der Waals surface area contributed by atoms with E-state index >= 15 is 0 Å². The minimum Gasteiger partial charge on any atom is -0.350 e. The van der Waals surface area contributed by atoms with E-state index in [1.807, 2.05) is 47.8 Å². The van der Waals surface area contributed by atoms with Gasteiger partial charge in [-0.25, -0.2) is 0 Å². The first-order valence-electron chi connectivity index (χ1n) is 6.11. The Morgan fingerprint density at radius 1 is 1.00 bits per heavy atom. The SMILES string of the molecule is CN1C(=O)C(Nc2ccccc2)=C(c2cccs2)C1=O. The van der Waals surface area contributed by atoms with E-state index in [0.717, 1.165) is 15.5 Å². The molecule has 0 saturated carbocycles. The van der Waals surface area contributed by atoms with Gasteiger partial charge in [-0.2, -0.15) is 0 Å². The van der Waals surface area contributed by atoms with Gasteiger partial charge in [0.1, 0.15) is 5.70 Å². The normalized spacial score (nSPS) is 15.2. The summed E-state index contributed by atoms with van der Waals surface area (Å²) in [6, 6.07) is 13.1. The second kappa shape index (κ2) is 4.94. The largest absolute Gasteiger partial charge is 0.350 e. The summed E-state index contributed by atoms with van der Waals surface area (Å²) >= 11 is 1.44. The second-order valence-electron chi connectivity index (χ2n) is 4.39. The van der Waals surface area contributed by atoms with Crippen LogP contribution in [0.4, 0.5) is 5.69 Å². The summed E-state index contributed by atoms with van der Waals surface area (Å²) in [7, 11) is 1.50. The highest BCUT2D eigenvalue weighted by molar-refractivity contribution is 7.11. The second-order valence-corrected chi connectivity index (χ2v) is 5.34. The summed E-state index contributed by atoms with van der Waals surface area (Å²) in [5.74, 6) is -0.571. The summed E-state index contributed by atoms with van der Waals surface area (Å²) in [4.78, 5) is 26.4. The van der Waals surface area contributed by atoms with Crippen molar-refractivity contribution in [1.82, 2.24) is 4.90 Å². The van der Waals surface area contributed by atoms with Crippen LogP contribution >= 0.6 is 11.3 Å². The molecule has 0 bridgehead atoms. The van der Waals surface area contributed by atoms with Crippen molar-refractivity contribution in [2.24, 2.45) is 0 Å². The molecule has 0 atom stereocenters. The van der Waals surface area contributed by atoms with Gasteiger partial charge in [0.2, 0.25) is 0 Å². The van der Waals surface area contributed by atoms with Gasteiger partial charge in [-0.1, -0.05) is 24.3 Å². The lowest BCUT2D eigenvalue weighted by atomic mass is 10.2. The number of carbonyl (C=O) groups is 2. The molecule has 0 radical (unpaired) electrons. The smallest absolute Gasteiger partial charge is 0.277 e. The molecule has 0 unspecified atom stereocenters. The maximum Gasteiger partial charge on any atom is 0.277 e. The number of nitrogens with zero attached hydrogens (tertiary/aromatic N) is 1. The van der Waals surface area contributed by atoms with Crippen molar-refractivity contribution >= 4 is 34.4 Å². The van der Waals surface area contributed by atoms with Crippen LogP contribution in [0.1, 0.15) is 4.88 Å². The predicted molar refractivity (Wildman–Crippen MR) is 79.1 cm³/mol. The van der Waals surface area contributed by atoms with Crippen LogP contribution in [-0.4, -0.2) is 23.8 Å². The van der Waals surface area contributed by atoms with Crippen LogP contribution in [-0.2, 0) is 9.59 Å². The molecule has 1 aliphatic rings. The summed E-state index contributed by atoms with van der Waals surface area (Å²) in [6.07, 6.45) is 0. The van der Waals surface area contributed by atoms with Gasteiger partial charge >= 0.3 is 0 Å². The van der Waals surface area contributed by atoms with E-state index in [0.29, 0.717) is 11.3 Å². The number of likely N-dealkylation sites (N-methyl/N-ethyl adjacent to an activating group) is 1. The lowest BCUT2D eigenvalue weighted by molar-refractivity contribution is -0.135. The Kier molecular flexibility index (Phi) is 3.12. The lowest BCUT2D eigenvalue weighted by Crippen LogP contribution is -2.27. The van der Waals surface area contributed by atoms with Gasteiger partial charge in [-0.3, -0.25) is 14.5 Å². The first-order chi connectivity index (χ1) is 9.68. The van der Waals surface area contributed by atoms with Gasteiger partial charge in [0.05, 0.1) is 5.57 Å². The summed E-state index contributed by atoms with van der Waals surface area (Å²) in [6.45, 7) is 0. The number of para-hydroxylation sites is 1. The van der Waals surface area contributed by atoms with Crippen molar-refractivity contribution in [3.63, 3.8) is 0 Å². The summed E-state index contributed by atoms with van der Waals surface area (Å²) < 4.78 is 0. The quantitative estimate of drug-likeness (QED) is 0.881. The highest BCUT2D eigenvalue weighted by atomic mass is 32.1. The number of imide groups is 1. The molecule has 20 heavy (non-hydrogen) atoms. The Bertz CT molecular complexity index is 690. The molecule has 0 spiro atoms. The van der Waals surface area contributed by atoms with Crippen LogP contribution in [0.5, 0.6) is 0 Å². The maximum absolute atomic E-state index is 12.2. The molecule has 0 aliphatic carbocycles.